The average Bonchev–Trinajstić information content (AvgIpc) is 2.81. The van der Waals surface area contributed by atoms with Crippen molar-refractivity contribution in [3.05, 3.63) is 39.4 Å². The van der Waals surface area contributed by atoms with Crippen molar-refractivity contribution in [2.45, 2.75) is 45.2 Å². The maximum absolute atomic E-state index is 12.9. The van der Waals surface area contributed by atoms with Crippen LogP contribution in [0.1, 0.15) is 45.0 Å². The van der Waals surface area contributed by atoms with Gasteiger partial charge in [0.15, 0.2) is 0 Å². The van der Waals surface area contributed by atoms with E-state index in [0.29, 0.717) is 16.5 Å². The fraction of sp³-hybridized carbons (Fsp3) is 0.579. The predicted octanol–water partition coefficient (Wildman–Crippen LogP) is 3.11. The van der Waals surface area contributed by atoms with E-state index in [1.54, 1.807) is 16.7 Å². The second-order valence-corrected chi connectivity index (χ2v) is 7.44. The Morgan fingerprint density at radius 3 is 3.00 bits per heavy atom. The normalized spacial score (nSPS) is 20.6. The number of nitrogens with zero attached hydrogens (tertiary/aromatic N) is 3. The first-order chi connectivity index (χ1) is 12.0. The lowest BCUT2D eigenvalue weighted by molar-refractivity contribution is 0.175. The van der Waals surface area contributed by atoms with Crippen molar-refractivity contribution in [2.24, 2.45) is 7.05 Å². The Labute approximate surface area is 154 Å². The second-order valence-electron chi connectivity index (χ2n) is 7.00. The third-order valence-electron chi connectivity index (χ3n) is 5.00. The lowest BCUT2D eigenvalue weighted by Crippen LogP contribution is -2.39. The molecule has 0 amide bonds. The van der Waals surface area contributed by atoms with Crippen LogP contribution in [0.2, 0.25) is 5.02 Å². The summed E-state index contributed by atoms with van der Waals surface area (Å²) >= 11 is 6.06. The van der Waals surface area contributed by atoms with Crippen molar-refractivity contribution >= 4 is 22.5 Å². The van der Waals surface area contributed by atoms with Crippen molar-refractivity contribution in [1.29, 1.82) is 0 Å². The predicted molar refractivity (Wildman–Crippen MR) is 103 cm³/mol. The Hall–Kier alpha value is -1.43. The molecule has 136 valence electrons. The van der Waals surface area contributed by atoms with Crippen molar-refractivity contribution < 1.29 is 0 Å². The molecule has 0 unspecified atom stereocenters. The maximum atomic E-state index is 12.9. The topological polar surface area (TPSA) is 50.2 Å². The van der Waals surface area contributed by atoms with E-state index >= 15 is 0 Å². The van der Waals surface area contributed by atoms with Crippen LogP contribution in [0.5, 0.6) is 0 Å². The molecular weight excluding hydrogens is 336 g/mol. The van der Waals surface area contributed by atoms with Gasteiger partial charge in [0.05, 0.1) is 16.9 Å². The molecule has 2 aromatic rings. The molecule has 2 atom stereocenters. The molecular formula is C19H27ClN4O. The average molecular weight is 363 g/mol. The van der Waals surface area contributed by atoms with Crippen LogP contribution in [0.15, 0.2) is 23.0 Å². The number of rotatable bonds is 4. The van der Waals surface area contributed by atoms with E-state index in [-0.39, 0.29) is 11.6 Å². The van der Waals surface area contributed by atoms with Crippen LogP contribution in [0.4, 0.5) is 0 Å². The fourth-order valence-corrected chi connectivity index (χ4v) is 3.90. The minimum absolute atomic E-state index is 0.0235. The molecule has 2 heterocycles. The first kappa shape index (κ1) is 18.4. The smallest absolute Gasteiger partial charge is 0.261 e. The van der Waals surface area contributed by atoms with E-state index in [2.05, 4.69) is 24.1 Å². The Kier molecular flexibility index (Phi) is 5.77. The standard InChI is InChI=1S/C19H27ClN4O/c1-4-6-17(24-10-5-9-21-13(2)12-24)18-22-16-8-7-14(20)11-15(16)19(25)23(18)3/h7-8,11,13,17,21H,4-6,9-10,12H2,1-3H3/t13-,17-/m1/s1. The van der Waals surface area contributed by atoms with Gasteiger partial charge in [-0.1, -0.05) is 24.9 Å². The highest BCUT2D eigenvalue weighted by Gasteiger charge is 2.26. The van der Waals surface area contributed by atoms with Crippen LogP contribution in [0, 0.1) is 0 Å². The van der Waals surface area contributed by atoms with Gasteiger partial charge in [-0.25, -0.2) is 4.98 Å². The Morgan fingerprint density at radius 1 is 1.44 bits per heavy atom. The molecule has 1 aliphatic heterocycles. The minimum atomic E-state index is -0.0235. The van der Waals surface area contributed by atoms with Crippen LogP contribution in [-0.2, 0) is 7.05 Å². The summed E-state index contributed by atoms with van der Waals surface area (Å²) in [6.07, 6.45) is 3.16. The molecule has 1 fully saturated rings. The third kappa shape index (κ3) is 3.89. The molecule has 1 aromatic heterocycles. The molecule has 1 aliphatic rings. The van der Waals surface area contributed by atoms with Gasteiger partial charge in [0, 0.05) is 31.2 Å². The van der Waals surface area contributed by atoms with Crippen LogP contribution >= 0.6 is 11.6 Å². The summed E-state index contributed by atoms with van der Waals surface area (Å²) in [6, 6.07) is 5.96. The van der Waals surface area contributed by atoms with Crippen LogP contribution in [0.25, 0.3) is 10.9 Å². The van der Waals surface area contributed by atoms with Crippen molar-refractivity contribution in [3.8, 4) is 0 Å². The van der Waals surface area contributed by atoms with Gasteiger partial charge in [-0.3, -0.25) is 14.3 Å². The molecule has 6 heteroatoms. The lowest BCUT2D eigenvalue weighted by Gasteiger charge is -2.32. The lowest BCUT2D eigenvalue weighted by atomic mass is 10.1. The van der Waals surface area contributed by atoms with Crippen molar-refractivity contribution in [1.82, 2.24) is 19.8 Å². The first-order valence-corrected chi connectivity index (χ1v) is 9.52. The van der Waals surface area contributed by atoms with Gasteiger partial charge in [-0.05, 0) is 44.5 Å². The molecule has 0 radical (unpaired) electrons. The van der Waals surface area contributed by atoms with Gasteiger partial charge in [-0.15, -0.1) is 0 Å². The summed E-state index contributed by atoms with van der Waals surface area (Å²) in [4.78, 5) is 20.2. The van der Waals surface area contributed by atoms with Crippen molar-refractivity contribution in [3.63, 3.8) is 0 Å². The van der Waals surface area contributed by atoms with E-state index in [4.69, 9.17) is 16.6 Å². The first-order valence-electron chi connectivity index (χ1n) is 9.15. The minimum Gasteiger partial charge on any atom is -0.313 e. The molecule has 1 N–H and O–H groups in total. The summed E-state index contributed by atoms with van der Waals surface area (Å²) in [7, 11) is 1.83. The van der Waals surface area contributed by atoms with E-state index < -0.39 is 0 Å². The molecule has 0 saturated carbocycles. The number of hydrogen-bond donors (Lipinski definition) is 1. The Bertz CT molecular complexity index is 804. The number of nitrogens with one attached hydrogen (secondary N) is 1. The molecule has 3 rings (SSSR count). The quantitative estimate of drug-likeness (QED) is 0.907. The summed E-state index contributed by atoms with van der Waals surface area (Å²) in [5.74, 6) is 0.857. The number of fused-ring (bicyclic) bond motifs is 1. The molecule has 25 heavy (non-hydrogen) atoms. The largest absolute Gasteiger partial charge is 0.313 e. The molecule has 0 bridgehead atoms. The summed E-state index contributed by atoms with van der Waals surface area (Å²) in [5, 5.41) is 4.69. The zero-order valence-corrected chi connectivity index (χ0v) is 16.0. The zero-order chi connectivity index (χ0) is 18.0. The Balaban J connectivity index is 2.08. The number of aromatic nitrogens is 2. The molecule has 0 aliphatic carbocycles. The van der Waals surface area contributed by atoms with Crippen molar-refractivity contribution in [2.75, 3.05) is 19.6 Å². The van der Waals surface area contributed by atoms with Gasteiger partial charge in [-0.2, -0.15) is 0 Å². The number of benzene rings is 1. The highest BCUT2D eigenvalue weighted by atomic mass is 35.5. The fourth-order valence-electron chi connectivity index (χ4n) is 3.73. The van der Waals surface area contributed by atoms with Crippen LogP contribution < -0.4 is 10.9 Å². The summed E-state index contributed by atoms with van der Waals surface area (Å²) < 4.78 is 1.71. The molecule has 1 saturated heterocycles. The number of hydrogen-bond acceptors (Lipinski definition) is 4. The van der Waals surface area contributed by atoms with Gasteiger partial charge in [0.25, 0.3) is 5.56 Å². The summed E-state index contributed by atoms with van der Waals surface area (Å²) in [6.45, 7) is 7.44. The zero-order valence-electron chi connectivity index (χ0n) is 15.3. The highest BCUT2D eigenvalue weighted by molar-refractivity contribution is 6.31. The van der Waals surface area contributed by atoms with Gasteiger partial charge in [0.2, 0.25) is 0 Å². The van der Waals surface area contributed by atoms with Gasteiger partial charge < -0.3 is 5.32 Å². The van der Waals surface area contributed by atoms with E-state index in [1.165, 1.54) is 0 Å². The van der Waals surface area contributed by atoms with E-state index in [0.717, 1.165) is 50.2 Å². The summed E-state index contributed by atoms with van der Waals surface area (Å²) in [5.41, 5.74) is 0.703. The third-order valence-corrected chi connectivity index (χ3v) is 5.23. The van der Waals surface area contributed by atoms with Crippen LogP contribution in [-0.4, -0.2) is 40.1 Å². The second kappa shape index (κ2) is 7.85. The monoisotopic (exact) mass is 362 g/mol. The van der Waals surface area contributed by atoms with Gasteiger partial charge >= 0.3 is 0 Å². The molecule has 1 aromatic carbocycles. The molecule has 5 nitrogen and oxygen atoms in total. The van der Waals surface area contributed by atoms with Crippen LogP contribution in [0.3, 0.4) is 0 Å². The van der Waals surface area contributed by atoms with E-state index in [1.807, 2.05) is 13.1 Å². The highest BCUT2D eigenvalue weighted by Crippen LogP contribution is 2.26. The van der Waals surface area contributed by atoms with E-state index in [9.17, 15) is 4.79 Å². The Morgan fingerprint density at radius 2 is 2.24 bits per heavy atom. The maximum Gasteiger partial charge on any atom is 0.261 e. The number of halogens is 1. The SMILES string of the molecule is CCC[C@H](c1nc2ccc(Cl)cc2c(=O)n1C)N1CCCN[C@H](C)C1. The molecule has 0 spiro atoms. The van der Waals surface area contributed by atoms with Gasteiger partial charge in [0.1, 0.15) is 5.82 Å².